The van der Waals surface area contributed by atoms with E-state index in [0.29, 0.717) is 19.3 Å². The molecule has 41 heavy (non-hydrogen) atoms. The smallest absolute Gasteiger partial charge is 0.347 e. The van der Waals surface area contributed by atoms with E-state index in [0.717, 1.165) is 16.7 Å². The number of Topliss-reactive ketones (excluding diaryl/α,β-unsaturated/α-hetero) is 1. The fourth-order valence-corrected chi connectivity index (χ4v) is 8.83. The van der Waals surface area contributed by atoms with Gasteiger partial charge in [0.15, 0.2) is 0 Å². The molecule has 0 amide bonds. The number of ether oxygens (including phenoxy) is 4. The molecular weight excluding hydrogens is 532 g/mol. The van der Waals surface area contributed by atoms with Crippen molar-refractivity contribution in [2.45, 2.75) is 85.5 Å². The van der Waals surface area contributed by atoms with Crippen LogP contribution >= 0.6 is 0 Å². The van der Waals surface area contributed by atoms with Crippen molar-refractivity contribution in [1.29, 1.82) is 0 Å². The van der Waals surface area contributed by atoms with Gasteiger partial charge in [-0.25, -0.2) is 4.79 Å². The molecule has 2 heterocycles. The normalized spacial score (nSPS) is 36.3. The Kier molecular flexibility index (Phi) is 6.98. The number of rotatable bonds is 5. The van der Waals surface area contributed by atoms with Crippen molar-refractivity contribution in [1.82, 2.24) is 0 Å². The maximum atomic E-state index is 14.5. The quantitative estimate of drug-likeness (QED) is 0.287. The van der Waals surface area contributed by atoms with Crippen LogP contribution in [0.25, 0.3) is 0 Å². The van der Waals surface area contributed by atoms with Crippen molar-refractivity contribution < 1.29 is 47.3 Å². The number of esters is 4. The van der Waals surface area contributed by atoms with Crippen molar-refractivity contribution in [3.63, 3.8) is 0 Å². The zero-order chi connectivity index (χ0) is 30.1. The number of ketones is 1. The van der Waals surface area contributed by atoms with Crippen LogP contribution in [0.5, 0.6) is 0 Å². The van der Waals surface area contributed by atoms with Gasteiger partial charge in [0.25, 0.3) is 0 Å². The second kappa shape index (κ2) is 9.84. The summed E-state index contributed by atoms with van der Waals surface area (Å²) in [6, 6.07) is 1.79. The van der Waals surface area contributed by atoms with Crippen LogP contribution < -0.4 is 0 Å². The largest absolute Gasteiger partial charge is 0.472 e. The number of allylic oxidation sites excluding steroid dienone is 1. The third kappa shape index (κ3) is 4.24. The second-order valence-corrected chi connectivity index (χ2v) is 13.0. The van der Waals surface area contributed by atoms with E-state index in [1.165, 1.54) is 21.0 Å². The van der Waals surface area contributed by atoms with E-state index < -0.39 is 64.3 Å². The third-order valence-electron chi connectivity index (χ3n) is 10.3. The summed E-state index contributed by atoms with van der Waals surface area (Å²) < 4.78 is 27.8. The van der Waals surface area contributed by atoms with E-state index in [2.05, 4.69) is 6.92 Å². The summed E-state index contributed by atoms with van der Waals surface area (Å²) in [5.74, 6) is -4.48. The predicted octanol–water partition coefficient (Wildman–Crippen LogP) is 4.27. The van der Waals surface area contributed by atoms with Crippen LogP contribution in [0.15, 0.2) is 34.2 Å². The highest BCUT2D eigenvalue weighted by Crippen LogP contribution is 2.68. The Morgan fingerprint density at radius 1 is 1.07 bits per heavy atom. The minimum atomic E-state index is -1.41. The highest BCUT2D eigenvalue weighted by Gasteiger charge is 2.71. The lowest BCUT2D eigenvalue weighted by molar-refractivity contribution is -0.217. The molecule has 4 aliphatic rings. The number of methoxy groups -OCH3 is 1. The van der Waals surface area contributed by atoms with Gasteiger partial charge in [-0.2, -0.15) is 0 Å². The molecule has 5 rings (SSSR count). The number of cyclic esters (lactones) is 1. The summed E-state index contributed by atoms with van der Waals surface area (Å²) in [5, 5.41) is 0. The van der Waals surface area contributed by atoms with Gasteiger partial charge in [0.1, 0.15) is 18.0 Å². The molecule has 10 heteroatoms. The number of carbonyl (C=O) groups is 5. The molecule has 3 aliphatic carbocycles. The van der Waals surface area contributed by atoms with Gasteiger partial charge in [-0.15, -0.1) is 0 Å². The molecule has 2 saturated carbocycles. The second-order valence-electron chi connectivity index (χ2n) is 13.0. The van der Waals surface area contributed by atoms with E-state index in [1.54, 1.807) is 18.6 Å². The third-order valence-corrected chi connectivity index (χ3v) is 10.3. The molecule has 0 N–H and O–H groups in total. The van der Waals surface area contributed by atoms with E-state index in [1.807, 2.05) is 20.8 Å². The molecule has 1 saturated heterocycles. The topological polar surface area (TPSA) is 135 Å². The predicted molar refractivity (Wildman–Crippen MR) is 142 cm³/mol. The molecule has 222 valence electrons. The van der Waals surface area contributed by atoms with Crippen molar-refractivity contribution in [2.75, 3.05) is 7.11 Å². The van der Waals surface area contributed by atoms with Crippen LogP contribution in [0.1, 0.15) is 78.9 Å². The van der Waals surface area contributed by atoms with Crippen LogP contribution in [0.2, 0.25) is 0 Å². The lowest BCUT2D eigenvalue weighted by Gasteiger charge is -2.64. The first-order valence-corrected chi connectivity index (χ1v) is 14.1. The molecular formula is C31H38O10. The SMILES string of the molecule is COC(=O)[C@H](OC(C)=O)[C@H]1C(C)(C)[C@H](OC(C)=O)[C@H]2CC3=C4CC(=O)O[C@@H](c5ccoc5)[C@]4(C)CC[C@@H]3[C@@]1(C)C2=O. The Hall–Kier alpha value is -3.43. The van der Waals surface area contributed by atoms with E-state index in [9.17, 15) is 24.0 Å². The molecule has 1 aromatic heterocycles. The maximum Gasteiger partial charge on any atom is 0.347 e. The van der Waals surface area contributed by atoms with E-state index in [4.69, 9.17) is 23.4 Å². The highest BCUT2D eigenvalue weighted by molar-refractivity contribution is 5.93. The van der Waals surface area contributed by atoms with Gasteiger partial charge in [0.2, 0.25) is 6.10 Å². The van der Waals surface area contributed by atoms with Crippen molar-refractivity contribution in [3.8, 4) is 0 Å². The summed E-state index contributed by atoms with van der Waals surface area (Å²) in [7, 11) is 1.20. The van der Waals surface area contributed by atoms with Crippen molar-refractivity contribution >= 4 is 29.7 Å². The van der Waals surface area contributed by atoms with Gasteiger partial charge < -0.3 is 23.4 Å². The molecule has 10 nitrogen and oxygen atoms in total. The maximum absolute atomic E-state index is 14.5. The molecule has 3 fully saturated rings. The number of carbonyl (C=O) groups excluding carboxylic acids is 5. The van der Waals surface area contributed by atoms with Crippen LogP contribution in [0, 0.1) is 34.0 Å². The van der Waals surface area contributed by atoms with Gasteiger partial charge in [-0.3, -0.25) is 19.2 Å². The summed E-state index contributed by atoms with van der Waals surface area (Å²) in [6.45, 7) is 10.1. The molecule has 0 spiro atoms. The summed E-state index contributed by atoms with van der Waals surface area (Å²) in [6.07, 6.45) is 1.84. The average molecular weight is 571 g/mol. The number of hydrogen-bond donors (Lipinski definition) is 0. The molecule has 0 radical (unpaired) electrons. The summed E-state index contributed by atoms with van der Waals surface area (Å²) in [5.41, 5.74) is -0.0634. The van der Waals surface area contributed by atoms with Gasteiger partial charge >= 0.3 is 23.9 Å². The Morgan fingerprint density at radius 2 is 1.78 bits per heavy atom. The van der Waals surface area contributed by atoms with Crippen LogP contribution in [0.3, 0.4) is 0 Å². The first-order chi connectivity index (χ1) is 19.2. The molecule has 0 unspecified atom stereocenters. The minimum Gasteiger partial charge on any atom is -0.472 e. The fourth-order valence-electron chi connectivity index (χ4n) is 8.83. The zero-order valence-corrected chi connectivity index (χ0v) is 24.6. The standard InChI is InChI=1S/C31H38O10/c1-15(32)39-23(28(36)37-7)24-29(3,4)27(40-16(2)33)19-12-18-20(31(24,6)25(19)35)8-10-30(5)21(18)13-22(34)41-26(30)17-9-11-38-14-17/h9,11,14,19-20,23-24,26-27H,8,10,12-13H2,1-7H3/t19-,20-,23+,24-,26-,27+,30+,31+/m0/s1. The first kappa shape index (κ1) is 29.1. The van der Waals surface area contributed by atoms with E-state index >= 15 is 0 Å². The summed E-state index contributed by atoms with van der Waals surface area (Å²) >= 11 is 0. The Bertz CT molecular complexity index is 1320. The molecule has 2 bridgehead atoms. The van der Waals surface area contributed by atoms with Crippen molar-refractivity contribution in [3.05, 3.63) is 35.3 Å². The molecule has 1 aromatic rings. The van der Waals surface area contributed by atoms with Crippen LogP contribution in [0.4, 0.5) is 0 Å². The van der Waals surface area contributed by atoms with Gasteiger partial charge in [0, 0.05) is 41.6 Å². The number of fused-ring (bicyclic) bond motifs is 5. The highest BCUT2D eigenvalue weighted by atomic mass is 16.6. The Morgan fingerprint density at radius 3 is 2.37 bits per heavy atom. The van der Waals surface area contributed by atoms with Crippen LogP contribution in [-0.4, -0.2) is 49.0 Å². The van der Waals surface area contributed by atoms with Gasteiger partial charge in [-0.1, -0.05) is 33.3 Å². The zero-order valence-electron chi connectivity index (χ0n) is 24.6. The summed E-state index contributed by atoms with van der Waals surface area (Å²) in [4.78, 5) is 65.4. The fraction of sp³-hybridized carbons (Fsp3) is 0.645. The lowest BCUT2D eigenvalue weighted by atomic mass is 9.40. The first-order valence-electron chi connectivity index (χ1n) is 14.1. The Labute approximate surface area is 239 Å². The number of furan rings is 1. The Balaban J connectivity index is 1.74. The van der Waals surface area contributed by atoms with Crippen molar-refractivity contribution in [2.24, 2.45) is 34.0 Å². The average Bonchev–Trinajstić information content (AvgIpc) is 3.42. The monoisotopic (exact) mass is 570 g/mol. The molecule has 0 aromatic carbocycles. The number of hydrogen-bond acceptors (Lipinski definition) is 10. The van der Waals surface area contributed by atoms with Crippen LogP contribution in [-0.2, 0) is 42.9 Å². The molecule has 8 atom stereocenters. The molecule has 1 aliphatic heterocycles. The van der Waals surface area contributed by atoms with Gasteiger partial charge in [-0.05, 0) is 36.8 Å². The lowest BCUT2D eigenvalue weighted by Crippen LogP contribution is -2.69. The van der Waals surface area contributed by atoms with E-state index in [-0.39, 0.29) is 24.1 Å². The van der Waals surface area contributed by atoms with Gasteiger partial charge in [0.05, 0.1) is 32.0 Å². The minimum absolute atomic E-state index is 0.0738.